The lowest BCUT2D eigenvalue weighted by molar-refractivity contribution is -0.136. The van der Waals surface area contributed by atoms with Crippen LogP contribution in [0, 0.1) is 6.92 Å². The topological polar surface area (TPSA) is 60.7 Å². The molecule has 2 aromatic heterocycles. The highest BCUT2D eigenvalue weighted by Crippen LogP contribution is 2.32. The fourth-order valence-electron chi connectivity index (χ4n) is 3.22. The van der Waals surface area contributed by atoms with Gasteiger partial charge in [0, 0.05) is 4.88 Å². The second-order valence-corrected chi connectivity index (χ2v) is 8.49. The number of aryl methyl sites for hydroxylation is 1. The first kappa shape index (κ1) is 18.6. The Bertz CT molecular complexity index is 1250. The molecule has 0 saturated heterocycles. The number of thiophene rings is 1. The number of benzene rings is 1. The minimum Gasteiger partial charge on any atom is -0.466 e. The maximum atomic E-state index is 13.3. The largest absolute Gasteiger partial charge is 0.466 e. The monoisotopic (exact) mass is 410 g/mol. The Kier molecular flexibility index (Phi) is 4.87. The molecule has 0 N–H and O–H groups in total. The zero-order valence-corrected chi connectivity index (χ0v) is 17.3. The van der Waals surface area contributed by atoms with Crippen LogP contribution < -0.4 is 14.9 Å². The van der Waals surface area contributed by atoms with Crippen LogP contribution in [0.2, 0.25) is 0 Å². The van der Waals surface area contributed by atoms with Crippen LogP contribution >= 0.6 is 22.7 Å². The van der Waals surface area contributed by atoms with E-state index in [9.17, 15) is 9.59 Å². The molecule has 0 fully saturated rings. The molecule has 0 saturated carbocycles. The number of ether oxygens (including phenoxy) is 1. The Morgan fingerprint density at radius 2 is 1.96 bits per heavy atom. The van der Waals surface area contributed by atoms with Crippen molar-refractivity contribution in [3.05, 3.63) is 88.7 Å². The van der Waals surface area contributed by atoms with Crippen LogP contribution in [-0.4, -0.2) is 17.6 Å². The summed E-state index contributed by atoms with van der Waals surface area (Å²) in [5.74, 6) is -0.465. The lowest BCUT2D eigenvalue weighted by atomic mass is 10.0. The number of rotatable bonds is 3. The number of esters is 1. The van der Waals surface area contributed by atoms with E-state index >= 15 is 0 Å². The molecule has 1 aromatic carbocycles. The lowest BCUT2D eigenvalue weighted by Gasteiger charge is -2.22. The van der Waals surface area contributed by atoms with Crippen LogP contribution in [0.25, 0.3) is 6.08 Å². The molecule has 1 atom stereocenters. The van der Waals surface area contributed by atoms with Gasteiger partial charge in [0.2, 0.25) is 0 Å². The second-order valence-electron chi connectivity index (χ2n) is 6.50. The maximum Gasteiger partial charge on any atom is 0.338 e. The van der Waals surface area contributed by atoms with Crippen LogP contribution in [0.15, 0.2) is 62.8 Å². The van der Waals surface area contributed by atoms with E-state index in [1.54, 1.807) is 11.5 Å². The van der Waals surface area contributed by atoms with Gasteiger partial charge in [0.1, 0.15) is 6.04 Å². The fraction of sp³-hybridized carbons (Fsp3) is 0.190. The third-order valence-electron chi connectivity index (χ3n) is 4.61. The number of hydrogen-bond donors (Lipinski definition) is 0. The predicted octanol–water partition coefficient (Wildman–Crippen LogP) is 2.78. The van der Waals surface area contributed by atoms with Crippen molar-refractivity contribution >= 4 is 34.7 Å². The molecule has 0 bridgehead atoms. The Labute approximate surface area is 169 Å². The molecule has 0 radical (unpaired) electrons. The molecule has 1 unspecified atom stereocenters. The van der Waals surface area contributed by atoms with Crippen molar-refractivity contribution in [2.75, 3.05) is 7.11 Å². The number of nitrogens with zero attached hydrogens (tertiary/aromatic N) is 2. The number of fused-ring (bicyclic) bond motifs is 1. The molecular formula is C21H18N2O3S2. The number of allylic oxidation sites excluding steroid dienone is 1. The van der Waals surface area contributed by atoms with E-state index in [0.29, 0.717) is 20.6 Å². The average Bonchev–Trinajstić information content (AvgIpc) is 3.31. The van der Waals surface area contributed by atoms with Gasteiger partial charge in [-0.1, -0.05) is 47.2 Å². The van der Waals surface area contributed by atoms with Gasteiger partial charge in [0.15, 0.2) is 4.80 Å². The molecule has 0 aliphatic carbocycles. The van der Waals surface area contributed by atoms with Gasteiger partial charge in [0.25, 0.3) is 5.56 Å². The number of aromatic nitrogens is 1. The van der Waals surface area contributed by atoms with E-state index in [2.05, 4.69) is 4.99 Å². The minimum atomic E-state index is -0.524. The van der Waals surface area contributed by atoms with Crippen molar-refractivity contribution in [3.8, 4) is 0 Å². The zero-order chi connectivity index (χ0) is 19.8. The van der Waals surface area contributed by atoms with Gasteiger partial charge in [-0.3, -0.25) is 9.36 Å². The van der Waals surface area contributed by atoms with Crippen molar-refractivity contribution in [1.29, 1.82) is 0 Å². The predicted molar refractivity (Wildman–Crippen MR) is 111 cm³/mol. The van der Waals surface area contributed by atoms with E-state index in [1.807, 2.05) is 54.8 Å². The molecule has 0 amide bonds. The second kappa shape index (κ2) is 7.33. The molecule has 1 aliphatic rings. The molecule has 142 valence electrons. The summed E-state index contributed by atoms with van der Waals surface area (Å²) in [6.45, 7) is 3.81. The van der Waals surface area contributed by atoms with Crippen molar-refractivity contribution in [3.63, 3.8) is 0 Å². The molecule has 5 nitrogen and oxygen atoms in total. The summed E-state index contributed by atoms with van der Waals surface area (Å²) in [7, 11) is 1.34. The zero-order valence-electron chi connectivity index (χ0n) is 15.6. The van der Waals surface area contributed by atoms with Crippen LogP contribution in [0.1, 0.15) is 29.0 Å². The highest BCUT2D eigenvalue weighted by Gasteiger charge is 2.33. The van der Waals surface area contributed by atoms with Crippen molar-refractivity contribution in [1.82, 2.24) is 4.57 Å². The highest BCUT2D eigenvalue weighted by molar-refractivity contribution is 7.10. The third kappa shape index (κ3) is 3.16. The van der Waals surface area contributed by atoms with E-state index in [-0.39, 0.29) is 5.56 Å². The SMILES string of the molecule is COC(=O)C1=C(C)N=c2s/c(=C/c3ccc(C)cc3)c(=O)n2C1c1cccs1. The third-order valence-corrected chi connectivity index (χ3v) is 6.52. The smallest absolute Gasteiger partial charge is 0.338 e. The maximum absolute atomic E-state index is 13.3. The standard InChI is InChI=1S/C21H18N2O3S2/c1-12-6-8-14(9-7-12)11-16-19(24)23-18(15-5-4-10-27-15)17(20(25)26-3)13(2)22-21(23)28-16/h4-11,18H,1-3H3/b16-11+. The molecule has 1 aliphatic heterocycles. The molecule has 3 heterocycles. The van der Waals surface area contributed by atoms with E-state index in [0.717, 1.165) is 16.0 Å². The molecule has 0 spiro atoms. The Balaban J connectivity index is 1.96. The van der Waals surface area contributed by atoms with E-state index in [1.165, 1.54) is 29.8 Å². The van der Waals surface area contributed by atoms with Gasteiger partial charge in [0.05, 0.1) is 22.9 Å². The summed E-state index contributed by atoms with van der Waals surface area (Å²) in [5, 5.41) is 1.93. The molecule has 7 heteroatoms. The Morgan fingerprint density at radius 3 is 2.61 bits per heavy atom. The van der Waals surface area contributed by atoms with E-state index in [4.69, 9.17) is 4.74 Å². The molecule has 4 rings (SSSR count). The summed E-state index contributed by atoms with van der Waals surface area (Å²) >= 11 is 2.84. The Hall–Kier alpha value is -2.77. The van der Waals surface area contributed by atoms with Crippen molar-refractivity contribution in [2.24, 2.45) is 4.99 Å². The van der Waals surface area contributed by atoms with Crippen molar-refractivity contribution < 1.29 is 9.53 Å². The quantitative estimate of drug-likeness (QED) is 0.624. The van der Waals surface area contributed by atoms with E-state index < -0.39 is 12.0 Å². The Morgan fingerprint density at radius 1 is 1.21 bits per heavy atom. The lowest BCUT2D eigenvalue weighted by Crippen LogP contribution is -2.39. The van der Waals surface area contributed by atoms with Crippen LogP contribution in [0.5, 0.6) is 0 Å². The van der Waals surface area contributed by atoms with Gasteiger partial charge in [-0.15, -0.1) is 11.3 Å². The molecular weight excluding hydrogens is 392 g/mol. The number of carbonyl (C=O) groups excluding carboxylic acids is 1. The summed E-state index contributed by atoms with van der Waals surface area (Å²) in [4.78, 5) is 31.8. The normalized spacial score (nSPS) is 16.7. The minimum absolute atomic E-state index is 0.156. The van der Waals surface area contributed by atoms with Gasteiger partial charge >= 0.3 is 5.97 Å². The fourth-order valence-corrected chi connectivity index (χ4v) is 5.09. The number of carbonyl (C=O) groups is 1. The number of methoxy groups -OCH3 is 1. The van der Waals surface area contributed by atoms with Gasteiger partial charge in [-0.2, -0.15) is 0 Å². The first-order valence-corrected chi connectivity index (χ1v) is 10.4. The summed E-state index contributed by atoms with van der Waals surface area (Å²) < 4.78 is 7.18. The van der Waals surface area contributed by atoms with Crippen LogP contribution in [0.3, 0.4) is 0 Å². The molecule has 3 aromatic rings. The summed E-state index contributed by atoms with van der Waals surface area (Å²) in [6, 6.07) is 11.3. The van der Waals surface area contributed by atoms with Gasteiger partial charge < -0.3 is 4.74 Å². The van der Waals surface area contributed by atoms with Crippen LogP contribution in [-0.2, 0) is 9.53 Å². The summed E-state index contributed by atoms with van der Waals surface area (Å²) in [5.41, 5.74) is 2.94. The van der Waals surface area contributed by atoms with Crippen LogP contribution in [0.4, 0.5) is 0 Å². The van der Waals surface area contributed by atoms with Gasteiger partial charge in [-0.05, 0) is 36.9 Å². The average molecular weight is 411 g/mol. The highest BCUT2D eigenvalue weighted by atomic mass is 32.1. The number of hydrogen-bond acceptors (Lipinski definition) is 6. The van der Waals surface area contributed by atoms with Gasteiger partial charge in [-0.25, -0.2) is 9.79 Å². The molecule has 28 heavy (non-hydrogen) atoms. The summed E-state index contributed by atoms with van der Waals surface area (Å²) in [6.07, 6.45) is 1.87. The first-order chi connectivity index (χ1) is 13.5. The number of thiazole rings is 1. The first-order valence-electron chi connectivity index (χ1n) is 8.70. The van der Waals surface area contributed by atoms with Crippen molar-refractivity contribution in [2.45, 2.75) is 19.9 Å².